The molecule has 156 valence electrons. The molecule has 1 saturated heterocycles. The molecule has 0 amide bonds. The van der Waals surface area contributed by atoms with Crippen molar-refractivity contribution in [3.63, 3.8) is 0 Å². The van der Waals surface area contributed by atoms with Crippen LogP contribution >= 0.6 is 0 Å². The Labute approximate surface area is 175 Å². The summed E-state index contributed by atoms with van der Waals surface area (Å²) in [5.41, 5.74) is 1.49. The molecule has 0 atom stereocenters. The van der Waals surface area contributed by atoms with Crippen molar-refractivity contribution >= 4 is 11.8 Å². The van der Waals surface area contributed by atoms with E-state index in [4.69, 9.17) is 4.99 Å². The number of hydrogen-bond donors (Lipinski definition) is 2. The first-order chi connectivity index (χ1) is 14.1. The highest BCUT2D eigenvalue weighted by molar-refractivity contribution is 5.80. The minimum absolute atomic E-state index is 0.117. The van der Waals surface area contributed by atoms with Crippen LogP contribution in [0.25, 0.3) is 0 Å². The second-order valence-corrected chi connectivity index (χ2v) is 8.62. The van der Waals surface area contributed by atoms with Gasteiger partial charge in [-0.2, -0.15) is 0 Å². The summed E-state index contributed by atoms with van der Waals surface area (Å²) in [5.74, 6) is 2.01. The lowest BCUT2D eigenvalue weighted by Gasteiger charge is -2.34. The zero-order chi connectivity index (χ0) is 20.5. The maximum atomic E-state index is 4.92. The molecule has 1 aromatic carbocycles. The normalized spacial score (nSPS) is 16.0. The number of nitrogens with one attached hydrogen (secondary N) is 2. The average molecular weight is 394 g/mol. The van der Waals surface area contributed by atoms with Gasteiger partial charge in [-0.15, -0.1) is 0 Å². The van der Waals surface area contributed by atoms with Crippen molar-refractivity contribution in [3.8, 4) is 0 Å². The van der Waals surface area contributed by atoms with E-state index in [1.807, 2.05) is 12.3 Å². The van der Waals surface area contributed by atoms with Gasteiger partial charge in [0, 0.05) is 38.4 Å². The summed E-state index contributed by atoms with van der Waals surface area (Å²) in [6.45, 7) is 10.4. The molecule has 2 aromatic rings. The highest BCUT2D eigenvalue weighted by Gasteiger charge is 2.22. The number of piperidine rings is 1. The fraction of sp³-hybridized carbons (Fsp3) is 0.500. The molecule has 0 aliphatic carbocycles. The SMILES string of the molecule is CCNC(=NCC(C)(C)Cc1ccccc1)NC1CCN(c2ccccn2)CC1. The molecule has 1 aromatic heterocycles. The molecular formula is C24H35N5. The Balaban J connectivity index is 1.53. The first-order valence-corrected chi connectivity index (χ1v) is 10.8. The van der Waals surface area contributed by atoms with Crippen LogP contribution in [0.5, 0.6) is 0 Å². The number of aliphatic imine (C=N–C) groups is 1. The van der Waals surface area contributed by atoms with Gasteiger partial charge in [0.1, 0.15) is 5.82 Å². The molecule has 3 rings (SSSR count). The number of guanidine groups is 1. The van der Waals surface area contributed by atoms with Crippen LogP contribution in [-0.4, -0.2) is 43.2 Å². The van der Waals surface area contributed by atoms with Crippen molar-refractivity contribution in [3.05, 3.63) is 60.3 Å². The van der Waals surface area contributed by atoms with Crippen molar-refractivity contribution in [2.45, 2.75) is 46.1 Å². The zero-order valence-electron chi connectivity index (χ0n) is 18.1. The van der Waals surface area contributed by atoms with E-state index in [1.165, 1.54) is 5.56 Å². The number of benzene rings is 1. The van der Waals surface area contributed by atoms with Crippen LogP contribution < -0.4 is 15.5 Å². The Hall–Kier alpha value is -2.56. The molecule has 1 aliphatic rings. The Morgan fingerprint density at radius 2 is 1.83 bits per heavy atom. The predicted octanol–water partition coefficient (Wildman–Crippen LogP) is 3.87. The van der Waals surface area contributed by atoms with E-state index in [2.05, 4.69) is 83.8 Å². The highest BCUT2D eigenvalue weighted by atomic mass is 15.2. The van der Waals surface area contributed by atoms with Crippen LogP contribution in [0.2, 0.25) is 0 Å². The number of aromatic nitrogens is 1. The Bertz CT molecular complexity index is 749. The number of rotatable bonds is 7. The van der Waals surface area contributed by atoms with Crippen LogP contribution in [0.15, 0.2) is 59.7 Å². The number of hydrogen-bond acceptors (Lipinski definition) is 3. The molecule has 1 aliphatic heterocycles. The van der Waals surface area contributed by atoms with E-state index in [1.54, 1.807) is 0 Å². The summed E-state index contributed by atoms with van der Waals surface area (Å²) < 4.78 is 0. The second-order valence-electron chi connectivity index (χ2n) is 8.62. The van der Waals surface area contributed by atoms with Crippen LogP contribution in [0.3, 0.4) is 0 Å². The van der Waals surface area contributed by atoms with Gasteiger partial charge >= 0.3 is 0 Å². The van der Waals surface area contributed by atoms with Crippen LogP contribution in [-0.2, 0) is 6.42 Å². The highest BCUT2D eigenvalue weighted by Crippen LogP contribution is 2.22. The number of pyridine rings is 1. The van der Waals surface area contributed by atoms with Gasteiger partial charge in [0.05, 0.1) is 0 Å². The molecule has 0 spiro atoms. The molecule has 5 heteroatoms. The maximum absolute atomic E-state index is 4.92. The fourth-order valence-corrected chi connectivity index (χ4v) is 3.80. The van der Waals surface area contributed by atoms with E-state index in [0.29, 0.717) is 6.04 Å². The third kappa shape index (κ3) is 6.77. The Morgan fingerprint density at radius 3 is 2.48 bits per heavy atom. The largest absolute Gasteiger partial charge is 0.357 e. The predicted molar refractivity (Wildman–Crippen MR) is 123 cm³/mol. The van der Waals surface area contributed by atoms with E-state index in [9.17, 15) is 0 Å². The number of anilines is 1. The average Bonchev–Trinajstić information content (AvgIpc) is 2.74. The van der Waals surface area contributed by atoms with Gasteiger partial charge in [0.25, 0.3) is 0 Å². The van der Waals surface area contributed by atoms with E-state index >= 15 is 0 Å². The van der Waals surface area contributed by atoms with Crippen molar-refractivity contribution in [1.82, 2.24) is 15.6 Å². The van der Waals surface area contributed by atoms with Gasteiger partial charge in [0.2, 0.25) is 0 Å². The summed E-state index contributed by atoms with van der Waals surface area (Å²) in [7, 11) is 0. The quantitative estimate of drug-likeness (QED) is 0.554. The third-order valence-electron chi connectivity index (χ3n) is 5.34. The van der Waals surface area contributed by atoms with Crippen LogP contribution in [0.4, 0.5) is 5.82 Å². The standard InChI is InChI=1S/C24H35N5/c1-4-25-23(27-19-24(2,3)18-20-10-6-5-7-11-20)28-21-13-16-29(17-14-21)22-12-8-9-15-26-22/h5-12,15,21H,4,13-14,16-19H2,1-3H3,(H2,25,27,28). The third-order valence-corrected chi connectivity index (χ3v) is 5.34. The summed E-state index contributed by atoms with van der Waals surface area (Å²) in [4.78, 5) is 11.8. The minimum atomic E-state index is 0.117. The van der Waals surface area contributed by atoms with Gasteiger partial charge in [-0.1, -0.05) is 50.2 Å². The molecule has 29 heavy (non-hydrogen) atoms. The zero-order valence-corrected chi connectivity index (χ0v) is 18.1. The van der Waals surface area contributed by atoms with Gasteiger partial charge in [0.15, 0.2) is 5.96 Å². The smallest absolute Gasteiger partial charge is 0.191 e. The van der Waals surface area contributed by atoms with Crippen molar-refractivity contribution in [1.29, 1.82) is 0 Å². The van der Waals surface area contributed by atoms with Crippen molar-refractivity contribution in [2.24, 2.45) is 10.4 Å². The second kappa shape index (κ2) is 10.3. The van der Waals surface area contributed by atoms with E-state index in [-0.39, 0.29) is 5.41 Å². The minimum Gasteiger partial charge on any atom is -0.357 e. The molecule has 0 unspecified atom stereocenters. The Morgan fingerprint density at radius 1 is 1.10 bits per heavy atom. The molecule has 2 N–H and O–H groups in total. The van der Waals surface area contributed by atoms with Crippen molar-refractivity contribution in [2.75, 3.05) is 31.1 Å². The summed E-state index contributed by atoms with van der Waals surface area (Å²) in [5, 5.41) is 7.08. The van der Waals surface area contributed by atoms with Crippen LogP contribution in [0, 0.1) is 5.41 Å². The first-order valence-electron chi connectivity index (χ1n) is 10.8. The molecule has 2 heterocycles. The van der Waals surface area contributed by atoms with Gasteiger partial charge in [-0.3, -0.25) is 4.99 Å². The summed E-state index contributed by atoms with van der Waals surface area (Å²) in [6.07, 6.45) is 5.08. The first kappa shape index (κ1) is 21.2. The Kier molecular flexibility index (Phi) is 7.50. The monoisotopic (exact) mass is 393 g/mol. The molecule has 0 bridgehead atoms. The maximum Gasteiger partial charge on any atom is 0.191 e. The van der Waals surface area contributed by atoms with E-state index in [0.717, 1.165) is 57.2 Å². The molecule has 0 saturated carbocycles. The lowest BCUT2D eigenvalue weighted by atomic mass is 9.86. The van der Waals surface area contributed by atoms with Gasteiger partial charge in [-0.25, -0.2) is 4.98 Å². The lowest BCUT2D eigenvalue weighted by molar-refractivity contribution is 0.375. The van der Waals surface area contributed by atoms with Crippen LogP contribution in [0.1, 0.15) is 39.2 Å². The summed E-state index contributed by atoms with van der Waals surface area (Å²) >= 11 is 0. The molecule has 5 nitrogen and oxygen atoms in total. The molecule has 1 fully saturated rings. The van der Waals surface area contributed by atoms with Gasteiger partial charge in [-0.05, 0) is 49.3 Å². The molecular weight excluding hydrogens is 358 g/mol. The van der Waals surface area contributed by atoms with Gasteiger partial charge < -0.3 is 15.5 Å². The summed E-state index contributed by atoms with van der Waals surface area (Å²) in [6, 6.07) is 17.2. The topological polar surface area (TPSA) is 52.6 Å². The number of nitrogens with zero attached hydrogens (tertiary/aromatic N) is 3. The van der Waals surface area contributed by atoms with Crippen molar-refractivity contribution < 1.29 is 0 Å². The van der Waals surface area contributed by atoms with E-state index < -0.39 is 0 Å². The lowest BCUT2D eigenvalue weighted by Crippen LogP contribution is -2.49. The molecule has 0 radical (unpaired) electrons. The fourth-order valence-electron chi connectivity index (χ4n) is 3.80.